The van der Waals surface area contributed by atoms with E-state index in [2.05, 4.69) is 37.3 Å². The Hall–Kier alpha value is -3.60. The third-order valence-corrected chi connectivity index (χ3v) is 6.45. The lowest BCUT2D eigenvalue weighted by atomic mass is 9.80. The second kappa shape index (κ2) is 12.2. The summed E-state index contributed by atoms with van der Waals surface area (Å²) in [6.45, 7) is 1.86. The topological polar surface area (TPSA) is 68.1 Å². The summed E-state index contributed by atoms with van der Waals surface area (Å²) in [5.41, 5.74) is 5.64. The summed E-state index contributed by atoms with van der Waals surface area (Å²) in [6.07, 6.45) is 5.40. The van der Waals surface area contributed by atoms with Crippen molar-refractivity contribution in [2.24, 2.45) is 11.1 Å². The van der Waals surface area contributed by atoms with Crippen LogP contribution in [0.5, 0.6) is 5.75 Å². The van der Waals surface area contributed by atoms with Crippen molar-refractivity contribution in [1.82, 2.24) is 0 Å². The molecule has 1 N–H and O–H groups in total. The van der Waals surface area contributed by atoms with Gasteiger partial charge >= 0.3 is 5.97 Å². The van der Waals surface area contributed by atoms with E-state index in [1.807, 2.05) is 48.5 Å². The van der Waals surface area contributed by atoms with Crippen LogP contribution in [-0.4, -0.2) is 23.4 Å². The van der Waals surface area contributed by atoms with Crippen LogP contribution in [-0.2, 0) is 22.5 Å². The molecule has 5 heteroatoms. The van der Waals surface area contributed by atoms with Gasteiger partial charge in [-0.25, -0.2) is 4.79 Å². The first-order valence-electron chi connectivity index (χ1n) is 12.4. The van der Waals surface area contributed by atoms with E-state index in [1.54, 1.807) is 0 Å². The predicted octanol–water partition coefficient (Wildman–Crippen LogP) is 6.61. The molecule has 0 aliphatic heterocycles. The summed E-state index contributed by atoms with van der Waals surface area (Å²) >= 11 is 0. The maximum atomic E-state index is 10.9. The van der Waals surface area contributed by atoms with E-state index in [4.69, 9.17) is 19.8 Å². The van der Waals surface area contributed by atoms with Crippen LogP contribution in [0.15, 0.2) is 84.0 Å². The molecule has 0 amide bonds. The minimum absolute atomic E-state index is 0.245. The lowest BCUT2D eigenvalue weighted by molar-refractivity contribution is -0.139. The van der Waals surface area contributed by atoms with Gasteiger partial charge in [0.1, 0.15) is 5.75 Å². The number of ether oxygens (including phenoxy) is 1. The van der Waals surface area contributed by atoms with E-state index in [-0.39, 0.29) is 12.7 Å². The number of carboxylic acids is 1. The van der Waals surface area contributed by atoms with Crippen LogP contribution in [0.1, 0.15) is 61.0 Å². The van der Waals surface area contributed by atoms with Gasteiger partial charge in [-0.3, -0.25) is 0 Å². The van der Waals surface area contributed by atoms with E-state index in [0.717, 1.165) is 60.9 Å². The Morgan fingerprint density at radius 3 is 2.31 bits per heavy atom. The number of carboxylic acid groups (broad SMARTS) is 1. The zero-order chi connectivity index (χ0) is 24.5. The molecule has 0 heterocycles. The first-order chi connectivity index (χ1) is 17.1. The smallest absolute Gasteiger partial charge is 0.341 e. The Balaban J connectivity index is 1.48. The molecular formula is C30H33NO4. The predicted molar refractivity (Wildman–Crippen MR) is 138 cm³/mol. The average Bonchev–Trinajstić information content (AvgIpc) is 2.88. The van der Waals surface area contributed by atoms with Crippen LogP contribution < -0.4 is 4.74 Å². The Morgan fingerprint density at radius 2 is 1.69 bits per heavy atom. The standard InChI is InChI=1S/C30H33NO4/c1-2-10-26(31-35-30(23-11-5-3-6-12-23)24-13-7-4-8-14-24)20-22-17-18-27-25(19-22)15-9-16-28(27)34-21-29(32)33/h3-9,11-16,22,30H,2,10,17-21H2,1H3,(H,32,33)/b31-26-. The van der Waals surface area contributed by atoms with E-state index < -0.39 is 5.97 Å². The molecule has 0 spiro atoms. The van der Waals surface area contributed by atoms with Gasteiger partial charge in [-0.2, -0.15) is 0 Å². The lowest BCUT2D eigenvalue weighted by Gasteiger charge is -2.26. The number of hydrogen-bond donors (Lipinski definition) is 1. The van der Waals surface area contributed by atoms with Gasteiger partial charge in [0.05, 0.1) is 5.71 Å². The number of aliphatic carboxylic acids is 1. The van der Waals surface area contributed by atoms with Gasteiger partial charge in [0, 0.05) is 0 Å². The molecule has 1 atom stereocenters. The van der Waals surface area contributed by atoms with Crippen LogP contribution in [0, 0.1) is 5.92 Å². The van der Waals surface area contributed by atoms with Crippen LogP contribution in [0.3, 0.4) is 0 Å². The van der Waals surface area contributed by atoms with Gasteiger partial charge in [0.15, 0.2) is 12.7 Å². The van der Waals surface area contributed by atoms with Gasteiger partial charge in [-0.1, -0.05) is 91.3 Å². The molecule has 1 aliphatic carbocycles. The van der Waals surface area contributed by atoms with E-state index >= 15 is 0 Å². The SMILES string of the molecule is CCC/C(CC1CCc2c(cccc2OCC(=O)O)C1)=N/OC(c1ccccc1)c1ccccc1. The molecule has 0 saturated heterocycles. The Labute approximate surface area is 207 Å². The second-order valence-electron chi connectivity index (χ2n) is 9.10. The van der Waals surface area contributed by atoms with Crippen molar-refractivity contribution in [3.05, 3.63) is 101 Å². The first kappa shape index (κ1) is 24.5. The van der Waals surface area contributed by atoms with Crippen molar-refractivity contribution >= 4 is 11.7 Å². The number of nitrogens with zero attached hydrogens (tertiary/aromatic N) is 1. The third kappa shape index (κ3) is 6.72. The fourth-order valence-electron chi connectivity index (χ4n) is 4.80. The molecule has 5 nitrogen and oxygen atoms in total. The highest BCUT2D eigenvalue weighted by atomic mass is 16.6. The number of oxime groups is 1. The minimum Gasteiger partial charge on any atom is -0.482 e. The fraction of sp³-hybridized carbons (Fsp3) is 0.333. The van der Waals surface area contributed by atoms with Crippen LogP contribution in [0.25, 0.3) is 0 Å². The number of fused-ring (bicyclic) bond motifs is 1. The summed E-state index contributed by atoms with van der Waals surface area (Å²) in [7, 11) is 0. The Bertz CT molecular complexity index is 1090. The van der Waals surface area contributed by atoms with Crippen molar-refractivity contribution in [2.75, 3.05) is 6.61 Å². The molecule has 1 unspecified atom stereocenters. The van der Waals surface area contributed by atoms with Crippen LogP contribution >= 0.6 is 0 Å². The van der Waals surface area contributed by atoms with Gasteiger partial charge < -0.3 is 14.7 Å². The molecule has 3 aromatic carbocycles. The molecule has 182 valence electrons. The third-order valence-electron chi connectivity index (χ3n) is 6.45. The molecule has 0 bridgehead atoms. The number of benzene rings is 3. The summed E-state index contributed by atoms with van der Waals surface area (Å²) in [4.78, 5) is 17.1. The van der Waals surface area contributed by atoms with Crippen molar-refractivity contribution in [3.63, 3.8) is 0 Å². The van der Waals surface area contributed by atoms with Crippen molar-refractivity contribution in [2.45, 2.75) is 51.6 Å². The zero-order valence-corrected chi connectivity index (χ0v) is 20.2. The quantitative estimate of drug-likeness (QED) is 0.252. The maximum absolute atomic E-state index is 10.9. The van der Waals surface area contributed by atoms with E-state index in [1.165, 1.54) is 5.56 Å². The van der Waals surface area contributed by atoms with Gasteiger partial charge in [-0.05, 0) is 66.3 Å². The highest BCUT2D eigenvalue weighted by molar-refractivity contribution is 5.84. The van der Waals surface area contributed by atoms with Gasteiger partial charge in [0.2, 0.25) is 0 Å². The first-order valence-corrected chi connectivity index (χ1v) is 12.4. The molecule has 1 aliphatic rings. The summed E-state index contributed by atoms with van der Waals surface area (Å²) in [5, 5.41) is 13.7. The number of hydrogen-bond acceptors (Lipinski definition) is 4. The van der Waals surface area contributed by atoms with E-state index in [9.17, 15) is 4.79 Å². The summed E-state index contributed by atoms with van der Waals surface area (Å²) in [5.74, 6) is 0.210. The molecule has 0 fully saturated rings. The van der Waals surface area contributed by atoms with Crippen LogP contribution in [0.4, 0.5) is 0 Å². The zero-order valence-electron chi connectivity index (χ0n) is 20.2. The molecule has 0 radical (unpaired) electrons. The van der Waals surface area contributed by atoms with Gasteiger partial charge in [0.25, 0.3) is 0 Å². The number of carbonyl (C=O) groups is 1. The fourth-order valence-corrected chi connectivity index (χ4v) is 4.80. The molecule has 4 rings (SSSR count). The molecule has 3 aromatic rings. The average molecular weight is 472 g/mol. The largest absolute Gasteiger partial charge is 0.482 e. The summed E-state index contributed by atoms with van der Waals surface area (Å²) < 4.78 is 5.53. The van der Waals surface area contributed by atoms with Crippen molar-refractivity contribution in [1.29, 1.82) is 0 Å². The van der Waals surface area contributed by atoms with Gasteiger partial charge in [-0.15, -0.1) is 0 Å². The molecular weight excluding hydrogens is 438 g/mol. The van der Waals surface area contributed by atoms with E-state index in [0.29, 0.717) is 11.7 Å². The monoisotopic (exact) mass is 471 g/mol. The lowest BCUT2D eigenvalue weighted by Crippen LogP contribution is -2.19. The minimum atomic E-state index is -0.957. The molecule has 0 aromatic heterocycles. The Morgan fingerprint density at radius 1 is 1.00 bits per heavy atom. The molecule has 35 heavy (non-hydrogen) atoms. The van der Waals surface area contributed by atoms with Crippen LogP contribution in [0.2, 0.25) is 0 Å². The van der Waals surface area contributed by atoms with Crippen molar-refractivity contribution < 1.29 is 19.5 Å². The second-order valence-corrected chi connectivity index (χ2v) is 9.10. The maximum Gasteiger partial charge on any atom is 0.341 e. The highest BCUT2D eigenvalue weighted by Gasteiger charge is 2.23. The normalized spacial score (nSPS) is 15.5. The molecule has 0 saturated carbocycles. The Kier molecular flexibility index (Phi) is 8.55. The summed E-state index contributed by atoms with van der Waals surface area (Å²) in [6, 6.07) is 26.4. The highest BCUT2D eigenvalue weighted by Crippen LogP contribution is 2.34. The number of rotatable bonds is 11. The van der Waals surface area contributed by atoms with Crippen molar-refractivity contribution in [3.8, 4) is 5.75 Å².